The number of carbonyl (C=O) groups excluding carboxylic acids is 1. The number of hydrogen-bond acceptors (Lipinski definition) is 4. The van der Waals surface area contributed by atoms with E-state index in [4.69, 9.17) is 5.73 Å². The smallest absolute Gasteiger partial charge is 0.309 e. The van der Waals surface area contributed by atoms with Crippen LogP contribution in [0.4, 0.5) is 0 Å². The Morgan fingerprint density at radius 2 is 1.90 bits per heavy atom. The molecule has 1 rings (SSSR count). The van der Waals surface area contributed by atoms with E-state index in [1.54, 1.807) is 0 Å². The second kappa shape index (κ2) is 8.54. The maximum atomic E-state index is 11.5. The highest BCUT2D eigenvalue weighted by molar-refractivity contribution is 7.25. The maximum absolute atomic E-state index is 11.5. The van der Waals surface area contributed by atoms with Gasteiger partial charge in [0.15, 0.2) is 0 Å². The van der Waals surface area contributed by atoms with E-state index in [9.17, 15) is 24.4 Å². The van der Waals surface area contributed by atoms with E-state index < -0.39 is 31.6 Å². The minimum absolute atomic E-state index is 0.0684. The molecule has 1 fully saturated rings. The summed E-state index contributed by atoms with van der Waals surface area (Å²) in [5.74, 6) is -2.55. The monoisotopic (exact) mass is 319 g/mol. The minimum Gasteiger partial charge on any atom is -0.481 e. The first kappa shape index (κ1) is 18.2. The van der Waals surface area contributed by atoms with Gasteiger partial charge in [-0.2, -0.15) is 0 Å². The van der Waals surface area contributed by atoms with Gasteiger partial charge in [0.25, 0.3) is 0 Å². The third-order valence-corrected chi connectivity index (χ3v) is 5.56. The molecule has 3 unspecified atom stereocenters. The molecule has 0 aromatic heterocycles. The lowest BCUT2D eigenvalue weighted by Gasteiger charge is -2.31. The summed E-state index contributed by atoms with van der Waals surface area (Å²) < 4.78 is 11.5. The topological polar surface area (TPSA) is 118 Å². The third-order valence-electron chi connectivity index (χ3n) is 4.46. The Labute approximate surface area is 126 Å². The summed E-state index contributed by atoms with van der Waals surface area (Å²) in [5, 5.41) is 18.0. The molecule has 6 nitrogen and oxygen atoms in total. The predicted octanol–water partition coefficient (Wildman–Crippen LogP) is 1.76. The molecule has 0 radical (unpaired) electrons. The van der Waals surface area contributed by atoms with Crippen molar-refractivity contribution >= 4 is 20.3 Å². The molecule has 3 atom stereocenters. The molecule has 0 aromatic rings. The van der Waals surface area contributed by atoms with Gasteiger partial charge in [-0.15, -0.1) is 0 Å². The van der Waals surface area contributed by atoms with Crippen LogP contribution in [0.2, 0.25) is 0 Å². The van der Waals surface area contributed by atoms with Gasteiger partial charge in [-0.3, -0.25) is 9.59 Å². The molecule has 4 N–H and O–H groups in total. The Hall–Kier alpha value is -0.870. The Kier molecular flexibility index (Phi) is 7.40. The number of carbonyl (C=O) groups is 2. The van der Waals surface area contributed by atoms with E-state index in [1.165, 1.54) is 6.42 Å². The van der Waals surface area contributed by atoms with Crippen molar-refractivity contribution < 1.29 is 24.4 Å². The predicted molar refractivity (Wildman–Crippen MR) is 80.7 cm³/mol. The normalized spacial score (nSPS) is 21.2. The van der Waals surface area contributed by atoms with Crippen molar-refractivity contribution in [1.29, 1.82) is 0 Å². The Morgan fingerprint density at radius 3 is 2.38 bits per heavy atom. The Morgan fingerprint density at radius 1 is 1.29 bits per heavy atom. The lowest BCUT2D eigenvalue weighted by molar-refractivity contribution is -0.148. The molecule has 0 heterocycles. The number of aliphatic hydroxyl groups is 1. The number of carboxylic acids is 1. The summed E-state index contributed by atoms with van der Waals surface area (Å²) in [6.07, 6.45) is 6.44. The van der Waals surface area contributed by atoms with Crippen molar-refractivity contribution in [2.75, 3.05) is 0 Å². The third kappa shape index (κ3) is 5.79. The van der Waals surface area contributed by atoms with Gasteiger partial charge in [-0.05, 0) is 25.2 Å². The molecule has 1 amide bonds. The number of nitrogens with two attached hydrogens (primary N) is 1. The summed E-state index contributed by atoms with van der Waals surface area (Å²) in [6.45, 7) is 0. The second-order valence-corrected chi connectivity index (χ2v) is 7.28. The van der Waals surface area contributed by atoms with Crippen molar-refractivity contribution in [2.24, 2.45) is 17.6 Å². The molecule has 0 aromatic carbocycles. The average molecular weight is 319 g/mol. The number of rotatable bonds is 9. The molecule has 21 heavy (non-hydrogen) atoms. The number of hydrogen-bond donors (Lipinski definition) is 3. The zero-order valence-corrected chi connectivity index (χ0v) is 13.4. The average Bonchev–Trinajstić information content (AvgIpc) is 2.45. The summed E-state index contributed by atoms with van der Waals surface area (Å²) in [4.78, 5) is 22.2. The number of amides is 1. The van der Waals surface area contributed by atoms with Gasteiger partial charge in [-0.25, -0.2) is 0 Å². The lowest BCUT2D eigenvalue weighted by Crippen LogP contribution is -2.38. The molecule has 0 bridgehead atoms. The van der Waals surface area contributed by atoms with Crippen molar-refractivity contribution in [3.63, 3.8) is 0 Å². The highest BCUT2D eigenvalue weighted by Gasteiger charge is 2.41. The molecule has 1 aliphatic carbocycles. The van der Waals surface area contributed by atoms with E-state index in [0.29, 0.717) is 12.3 Å². The van der Waals surface area contributed by atoms with Crippen LogP contribution in [0.15, 0.2) is 0 Å². The van der Waals surface area contributed by atoms with Gasteiger partial charge < -0.3 is 20.5 Å². The van der Waals surface area contributed by atoms with Crippen LogP contribution >= 0.6 is 8.46 Å². The van der Waals surface area contributed by atoms with Crippen molar-refractivity contribution in [2.45, 2.75) is 63.1 Å². The Bertz CT molecular complexity index is 384. The SMILES string of the molecule is NC(=O)CCC(C(=O)O)C(O)(CCC1CCCCC1)[PH2]=O. The van der Waals surface area contributed by atoms with Gasteiger partial charge in [0.2, 0.25) is 5.91 Å². The number of primary amides is 1. The number of carboxylic acid groups (broad SMARTS) is 1. The van der Waals surface area contributed by atoms with Gasteiger partial charge in [-0.1, -0.05) is 32.1 Å². The van der Waals surface area contributed by atoms with Crippen LogP contribution in [0.5, 0.6) is 0 Å². The number of aliphatic carboxylic acids is 1. The van der Waals surface area contributed by atoms with Crippen LogP contribution in [0.3, 0.4) is 0 Å². The highest BCUT2D eigenvalue weighted by Crippen LogP contribution is 2.39. The second-order valence-electron chi connectivity index (χ2n) is 6.05. The fourth-order valence-electron chi connectivity index (χ4n) is 3.10. The van der Waals surface area contributed by atoms with Gasteiger partial charge in [0.05, 0.1) is 14.4 Å². The van der Waals surface area contributed by atoms with E-state index in [0.717, 1.165) is 25.7 Å². The molecule has 122 valence electrons. The lowest BCUT2D eigenvalue weighted by atomic mass is 9.83. The summed E-state index contributed by atoms with van der Waals surface area (Å²) in [5.41, 5.74) is 5.03. The first-order chi connectivity index (χ1) is 9.89. The van der Waals surface area contributed by atoms with Crippen LogP contribution in [-0.2, 0) is 14.2 Å². The quantitative estimate of drug-likeness (QED) is 0.560. The van der Waals surface area contributed by atoms with Crippen LogP contribution in [0, 0.1) is 11.8 Å². The molecule has 0 saturated heterocycles. The molecular formula is C14H26NO5P. The molecule has 1 saturated carbocycles. The van der Waals surface area contributed by atoms with Crippen molar-refractivity contribution in [3.05, 3.63) is 0 Å². The zero-order valence-electron chi connectivity index (χ0n) is 12.3. The van der Waals surface area contributed by atoms with E-state index >= 15 is 0 Å². The van der Waals surface area contributed by atoms with Crippen LogP contribution in [0.25, 0.3) is 0 Å². The van der Waals surface area contributed by atoms with E-state index in [2.05, 4.69) is 0 Å². The van der Waals surface area contributed by atoms with E-state index in [-0.39, 0.29) is 19.3 Å². The van der Waals surface area contributed by atoms with Gasteiger partial charge >= 0.3 is 5.97 Å². The summed E-state index contributed by atoms with van der Waals surface area (Å²) in [6, 6.07) is 0. The molecule has 7 heteroatoms. The largest absolute Gasteiger partial charge is 0.481 e. The first-order valence-corrected chi connectivity index (χ1v) is 8.63. The van der Waals surface area contributed by atoms with Crippen molar-refractivity contribution in [3.8, 4) is 0 Å². The maximum Gasteiger partial charge on any atom is 0.309 e. The molecular weight excluding hydrogens is 293 g/mol. The summed E-state index contributed by atoms with van der Waals surface area (Å²) >= 11 is 0. The Balaban J connectivity index is 2.65. The fraction of sp³-hybridized carbons (Fsp3) is 0.857. The van der Waals surface area contributed by atoms with Crippen LogP contribution in [-0.4, -0.2) is 27.4 Å². The summed E-state index contributed by atoms with van der Waals surface area (Å²) in [7, 11) is -1.65. The zero-order chi connectivity index (χ0) is 15.9. The standard InChI is InChI=1S/C14H26NO5P/c15-12(16)7-6-11(13(17)18)14(19,21-20)9-8-10-4-2-1-3-5-10/h10-11,19H,1-9,21H2,(H2,15,16)(H,17,18). The highest BCUT2D eigenvalue weighted by atomic mass is 31.1. The molecule has 0 spiro atoms. The van der Waals surface area contributed by atoms with Gasteiger partial charge in [0.1, 0.15) is 5.34 Å². The van der Waals surface area contributed by atoms with Gasteiger partial charge in [0, 0.05) is 6.42 Å². The first-order valence-electron chi connectivity index (χ1n) is 7.59. The van der Waals surface area contributed by atoms with E-state index in [1.807, 2.05) is 0 Å². The minimum atomic E-state index is -1.71. The van der Waals surface area contributed by atoms with Crippen molar-refractivity contribution in [1.82, 2.24) is 0 Å². The molecule has 1 aliphatic rings. The fourth-order valence-corrected chi connectivity index (χ4v) is 3.86. The van der Waals surface area contributed by atoms with Crippen LogP contribution in [0.1, 0.15) is 57.8 Å². The molecule has 0 aliphatic heterocycles. The van der Waals surface area contributed by atoms with Crippen LogP contribution < -0.4 is 5.73 Å².